The molecule has 3 heterocycles. The number of pyridine rings is 1. The van der Waals surface area contributed by atoms with Crippen molar-refractivity contribution in [2.24, 2.45) is 0 Å². The van der Waals surface area contributed by atoms with Crippen LogP contribution in [-0.4, -0.2) is 46.1 Å². The van der Waals surface area contributed by atoms with Gasteiger partial charge < -0.3 is 10.4 Å². The second kappa shape index (κ2) is 4.98. The fraction of sp³-hybridized carbons (Fsp3) is 0.625. The lowest BCUT2D eigenvalue weighted by Crippen LogP contribution is -2.34. The molecule has 1 aromatic rings. The molecule has 112 valence electrons. The first-order valence-electron chi connectivity index (χ1n) is 7.99. The number of aryl methyl sites for hydroxylation is 2. The quantitative estimate of drug-likeness (QED) is 0.889. The van der Waals surface area contributed by atoms with Crippen molar-refractivity contribution in [2.45, 2.75) is 50.6 Å². The molecule has 0 bridgehead atoms. The Morgan fingerprint density at radius 3 is 3.05 bits per heavy atom. The molecule has 2 aliphatic heterocycles. The fourth-order valence-corrected chi connectivity index (χ4v) is 4.17. The number of fused-ring (bicyclic) bond motifs is 2. The predicted octanol–water partition coefficient (Wildman–Crippen LogP) is 1.92. The second-order valence-electron chi connectivity index (χ2n) is 6.43. The van der Waals surface area contributed by atoms with Gasteiger partial charge in [0.25, 0.3) is 0 Å². The summed E-state index contributed by atoms with van der Waals surface area (Å²) in [6, 6.07) is 2.74. The van der Waals surface area contributed by atoms with E-state index in [1.807, 2.05) is 6.07 Å². The van der Waals surface area contributed by atoms with E-state index in [-0.39, 0.29) is 0 Å². The zero-order valence-electron chi connectivity index (χ0n) is 12.1. The highest BCUT2D eigenvalue weighted by Gasteiger charge is 2.37. The number of rotatable bonds is 3. The van der Waals surface area contributed by atoms with Crippen LogP contribution in [0, 0.1) is 0 Å². The number of carboxylic acid groups (broad SMARTS) is 1. The molecule has 5 heteroatoms. The van der Waals surface area contributed by atoms with Crippen LogP contribution < -0.4 is 5.32 Å². The minimum absolute atomic E-state index is 0.340. The Morgan fingerprint density at radius 1 is 1.29 bits per heavy atom. The summed E-state index contributed by atoms with van der Waals surface area (Å²) < 4.78 is 0. The number of nitrogens with one attached hydrogen (secondary N) is 1. The molecule has 21 heavy (non-hydrogen) atoms. The van der Waals surface area contributed by atoms with Crippen molar-refractivity contribution in [1.29, 1.82) is 0 Å². The molecule has 0 aromatic carbocycles. The van der Waals surface area contributed by atoms with Crippen LogP contribution in [0.1, 0.15) is 47.3 Å². The molecular formula is C16H21N3O2. The average Bonchev–Trinajstić information content (AvgIpc) is 3.15. The third-order valence-corrected chi connectivity index (χ3v) is 5.21. The molecule has 0 amide bonds. The third kappa shape index (κ3) is 2.20. The van der Waals surface area contributed by atoms with Gasteiger partial charge in [-0.2, -0.15) is 0 Å². The maximum atomic E-state index is 11.5. The number of aromatic nitrogens is 1. The van der Waals surface area contributed by atoms with Crippen LogP contribution in [0.2, 0.25) is 0 Å². The number of carbonyl (C=O) groups is 1. The van der Waals surface area contributed by atoms with E-state index < -0.39 is 5.97 Å². The summed E-state index contributed by atoms with van der Waals surface area (Å²) in [7, 11) is 0. The van der Waals surface area contributed by atoms with Gasteiger partial charge >= 0.3 is 5.97 Å². The summed E-state index contributed by atoms with van der Waals surface area (Å²) >= 11 is 0. The van der Waals surface area contributed by atoms with Gasteiger partial charge in [-0.25, -0.2) is 9.78 Å². The molecule has 2 atom stereocenters. The molecular weight excluding hydrogens is 266 g/mol. The van der Waals surface area contributed by atoms with Crippen molar-refractivity contribution in [3.63, 3.8) is 0 Å². The van der Waals surface area contributed by atoms with Crippen molar-refractivity contribution in [1.82, 2.24) is 9.88 Å². The van der Waals surface area contributed by atoms with Crippen LogP contribution >= 0.6 is 0 Å². The lowest BCUT2D eigenvalue weighted by atomic mass is 10.1. The predicted molar refractivity (Wildman–Crippen MR) is 79.8 cm³/mol. The minimum atomic E-state index is -0.874. The van der Waals surface area contributed by atoms with Gasteiger partial charge in [-0.05, 0) is 56.7 Å². The van der Waals surface area contributed by atoms with Gasteiger partial charge in [0.2, 0.25) is 0 Å². The largest absolute Gasteiger partial charge is 0.478 e. The van der Waals surface area contributed by atoms with E-state index in [0.29, 0.717) is 23.5 Å². The second-order valence-corrected chi connectivity index (χ2v) is 6.43. The lowest BCUT2D eigenvalue weighted by molar-refractivity contribution is 0.0697. The highest BCUT2D eigenvalue weighted by molar-refractivity contribution is 5.93. The third-order valence-electron chi connectivity index (χ3n) is 5.21. The fourth-order valence-electron chi connectivity index (χ4n) is 4.17. The molecule has 5 nitrogen and oxygen atoms in total. The van der Waals surface area contributed by atoms with E-state index >= 15 is 0 Å². The first-order valence-corrected chi connectivity index (χ1v) is 7.99. The number of hydrogen-bond donors (Lipinski definition) is 2. The average molecular weight is 287 g/mol. The summed E-state index contributed by atoms with van der Waals surface area (Å²) in [5, 5.41) is 12.9. The highest BCUT2D eigenvalue weighted by Crippen LogP contribution is 2.32. The molecule has 3 aliphatic rings. The van der Waals surface area contributed by atoms with Crippen LogP contribution in [0.15, 0.2) is 6.07 Å². The molecule has 2 N–H and O–H groups in total. The van der Waals surface area contributed by atoms with E-state index in [9.17, 15) is 9.90 Å². The molecule has 2 fully saturated rings. The SMILES string of the molecule is O=C(O)c1cc2c(nc1NC1CCN3CCCC13)CCC2. The Hall–Kier alpha value is -1.62. The Kier molecular flexibility index (Phi) is 3.10. The Morgan fingerprint density at radius 2 is 2.19 bits per heavy atom. The summed E-state index contributed by atoms with van der Waals surface area (Å²) in [6.45, 7) is 2.31. The summed E-state index contributed by atoms with van der Waals surface area (Å²) in [5.41, 5.74) is 2.54. The zero-order chi connectivity index (χ0) is 14.4. The van der Waals surface area contributed by atoms with E-state index in [2.05, 4.69) is 15.2 Å². The maximum absolute atomic E-state index is 11.5. The summed E-state index contributed by atoms with van der Waals surface area (Å²) in [6.07, 6.45) is 6.58. The van der Waals surface area contributed by atoms with E-state index in [1.54, 1.807) is 0 Å². The normalized spacial score (nSPS) is 27.6. The van der Waals surface area contributed by atoms with Crippen molar-refractivity contribution >= 4 is 11.8 Å². The number of carboxylic acids is 1. The Labute approximate surface area is 124 Å². The van der Waals surface area contributed by atoms with Crippen molar-refractivity contribution in [2.75, 3.05) is 18.4 Å². The maximum Gasteiger partial charge on any atom is 0.339 e. The Balaban J connectivity index is 1.63. The zero-order valence-corrected chi connectivity index (χ0v) is 12.1. The molecule has 0 radical (unpaired) electrons. The number of nitrogens with zero attached hydrogens (tertiary/aromatic N) is 2. The van der Waals surface area contributed by atoms with Crippen molar-refractivity contribution in [3.8, 4) is 0 Å². The van der Waals surface area contributed by atoms with E-state index in [0.717, 1.165) is 43.5 Å². The first kappa shape index (κ1) is 13.1. The monoisotopic (exact) mass is 287 g/mol. The molecule has 1 aliphatic carbocycles. The van der Waals surface area contributed by atoms with Crippen molar-refractivity contribution in [3.05, 3.63) is 22.9 Å². The lowest BCUT2D eigenvalue weighted by Gasteiger charge is -2.23. The Bertz CT molecular complexity index is 587. The summed E-state index contributed by atoms with van der Waals surface area (Å²) in [5.74, 6) is -0.289. The van der Waals surface area contributed by atoms with Gasteiger partial charge in [0.15, 0.2) is 0 Å². The van der Waals surface area contributed by atoms with Crippen LogP contribution in [0.5, 0.6) is 0 Å². The van der Waals surface area contributed by atoms with E-state index in [4.69, 9.17) is 0 Å². The molecule has 2 saturated heterocycles. The van der Waals surface area contributed by atoms with Crippen molar-refractivity contribution < 1.29 is 9.90 Å². The summed E-state index contributed by atoms with van der Waals surface area (Å²) in [4.78, 5) is 18.7. The molecule has 4 rings (SSSR count). The smallest absolute Gasteiger partial charge is 0.339 e. The number of aromatic carboxylic acids is 1. The standard InChI is InChI=1S/C16H21N3O2/c20-16(21)11-9-10-3-1-4-12(10)17-15(11)18-13-6-8-19-7-2-5-14(13)19/h9,13-14H,1-8H2,(H,17,18)(H,20,21). The van der Waals surface area contributed by atoms with E-state index in [1.165, 1.54) is 19.4 Å². The topological polar surface area (TPSA) is 65.5 Å². The van der Waals surface area contributed by atoms with Gasteiger partial charge in [0, 0.05) is 24.3 Å². The molecule has 0 spiro atoms. The van der Waals surface area contributed by atoms with Crippen LogP contribution in [0.4, 0.5) is 5.82 Å². The molecule has 2 unspecified atom stereocenters. The van der Waals surface area contributed by atoms with Crippen LogP contribution in [-0.2, 0) is 12.8 Å². The molecule has 1 aromatic heterocycles. The molecule has 0 saturated carbocycles. The van der Waals surface area contributed by atoms with Gasteiger partial charge in [-0.1, -0.05) is 0 Å². The number of anilines is 1. The van der Waals surface area contributed by atoms with Gasteiger partial charge in [-0.15, -0.1) is 0 Å². The van der Waals surface area contributed by atoms with Gasteiger partial charge in [0.05, 0.1) is 0 Å². The van der Waals surface area contributed by atoms with Gasteiger partial charge in [0.1, 0.15) is 11.4 Å². The minimum Gasteiger partial charge on any atom is -0.478 e. The van der Waals surface area contributed by atoms with Gasteiger partial charge in [-0.3, -0.25) is 4.90 Å². The number of hydrogen-bond acceptors (Lipinski definition) is 4. The van der Waals surface area contributed by atoms with Crippen LogP contribution in [0.25, 0.3) is 0 Å². The highest BCUT2D eigenvalue weighted by atomic mass is 16.4. The first-order chi connectivity index (χ1) is 10.2. The van der Waals surface area contributed by atoms with Crippen LogP contribution in [0.3, 0.4) is 0 Å².